The first-order chi connectivity index (χ1) is 6.59. The van der Waals surface area contributed by atoms with Crippen LogP contribution in [0.5, 0.6) is 0 Å². The molecule has 0 aliphatic rings. The van der Waals surface area contributed by atoms with E-state index in [4.69, 9.17) is 4.42 Å². The van der Waals surface area contributed by atoms with E-state index < -0.39 is 0 Å². The Kier molecular flexibility index (Phi) is 2.19. The summed E-state index contributed by atoms with van der Waals surface area (Å²) < 4.78 is 6.40. The van der Waals surface area contributed by atoms with E-state index in [2.05, 4.69) is 15.9 Å². The van der Waals surface area contributed by atoms with Crippen LogP contribution >= 0.6 is 15.9 Å². The van der Waals surface area contributed by atoms with Crippen molar-refractivity contribution in [3.8, 4) is 0 Å². The maximum atomic E-state index is 11.8. The van der Waals surface area contributed by atoms with Gasteiger partial charge in [-0.25, -0.2) is 0 Å². The third kappa shape index (κ3) is 1.38. The summed E-state index contributed by atoms with van der Waals surface area (Å²) in [7, 11) is 0. The molecule has 2 nitrogen and oxygen atoms in total. The lowest BCUT2D eigenvalue weighted by Gasteiger charge is -2.02. The number of halogens is 1. The maximum Gasteiger partial charge on any atom is 0.195 e. The summed E-state index contributed by atoms with van der Waals surface area (Å²) in [6.07, 6.45) is 0. The second-order valence-electron chi connectivity index (χ2n) is 3.25. The average Bonchev–Trinajstić information content (AvgIpc) is 2.16. The van der Waals surface area contributed by atoms with Gasteiger partial charge in [0, 0.05) is 10.0 Å². The third-order valence-electron chi connectivity index (χ3n) is 2.32. The van der Waals surface area contributed by atoms with Gasteiger partial charge in [0.15, 0.2) is 5.43 Å². The van der Waals surface area contributed by atoms with Gasteiger partial charge < -0.3 is 4.42 Å². The summed E-state index contributed by atoms with van der Waals surface area (Å²) >= 11 is 3.33. The minimum absolute atomic E-state index is 0.0463. The van der Waals surface area contributed by atoms with Crippen LogP contribution in [0.25, 0.3) is 11.0 Å². The van der Waals surface area contributed by atoms with E-state index in [1.54, 1.807) is 26.0 Å². The van der Waals surface area contributed by atoms with Crippen LogP contribution in [-0.4, -0.2) is 0 Å². The monoisotopic (exact) mass is 252 g/mol. The van der Waals surface area contributed by atoms with Gasteiger partial charge in [0.2, 0.25) is 0 Å². The van der Waals surface area contributed by atoms with Crippen molar-refractivity contribution in [1.82, 2.24) is 0 Å². The summed E-state index contributed by atoms with van der Waals surface area (Å²) in [5, 5.41) is 0.627. The Morgan fingerprint density at radius 3 is 2.71 bits per heavy atom. The molecule has 0 saturated heterocycles. The zero-order chi connectivity index (χ0) is 10.3. The summed E-state index contributed by atoms with van der Waals surface area (Å²) in [6, 6.07) is 5.45. The lowest BCUT2D eigenvalue weighted by Crippen LogP contribution is -2.06. The number of aryl methyl sites for hydroxylation is 1. The van der Waals surface area contributed by atoms with Crippen LogP contribution < -0.4 is 5.43 Å². The van der Waals surface area contributed by atoms with Crippen molar-refractivity contribution in [1.29, 1.82) is 0 Å². The van der Waals surface area contributed by atoms with E-state index >= 15 is 0 Å². The Bertz CT molecular complexity index is 555. The van der Waals surface area contributed by atoms with Crippen LogP contribution in [0.1, 0.15) is 11.3 Å². The van der Waals surface area contributed by atoms with Gasteiger partial charge in [0.25, 0.3) is 0 Å². The summed E-state index contributed by atoms with van der Waals surface area (Å²) in [6.45, 7) is 3.58. The Balaban J connectivity index is 2.99. The fourth-order valence-corrected chi connectivity index (χ4v) is 1.73. The van der Waals surface area contributed by atoms with Crippen LogP contribution in [0.2, 0.25) is 0 Å². The van der Waals surface area contributed by atoms with Crippen LogP contribution in [0, 0.1) is 13.8 Å². The number of fused-ring (bicyclic) bond motifs is 1. The molecule has 0 radical (unpaired) electrons. The first-order valence-electron chi connectivity index (χ1n) is 4.29. The predicted molar refractivity (Wildman–Crippen MR) is 59.7 cm³/mol. The Labute approximate surface area is 89.7 Å². The first kappa shape index (κ1) is 9.46. The lowest BCUT2D eigenvalue weighted by molar-refractivity contribution is 0.559. The second-order valence-corrected chi connectivity index (χ2v) is 4.17. The molecule has 3 heteroatoms. The highest BCUT2D eigenvalue weighted by molar-refractivity contribution is 9.10. The Hall–Kier alpha value is -1.09. The van der Waals surface area contributed by atoms with Crippen molar-refractivity contribution in [2.24, 2.45) is 0 Å². The van der Waals surface area contributed by atoms with Gasteiger partial charge in [-0.15, -0.1) is 0 Å². The number of benzene rings is 1. The molecule has 1 heterocycles. The van der Waals surface area contributed by atoms with Crippen molar-refractivity contribution in [2.75, 3.05) is 0 Å². The molecule has 1 aromatic heterocycles. The van der Waals surface area contributed by atoms with Gasteiger partial charge in [0.1, 0.15) is 11.3 Å². The van der Waals surface area contributed by atoms with Crippen molar-refractivity contribution in [2.45, 2.75) is 13.8 Å². The van der Waals surface area contributed by atoms with Crippen molar-refractivity contribution >= 4 is 26.9 Å². The molecule has 2 rings (SSSR count). The van der Waals surface area contributed by atoms with E-state index in [9.17, 15) is 4.79 Å². The Morgan fingerprint density at radius 2 is 2.00 bits per heavy atom. The van der Waals surface area contributed by atoms with E-state index in [1.807, 2.05) is 6.07 Å². The molecule has 0 spiro atoms. The molecular weight excluding hydrogens is 244 g/mol. The number of rotatable bonds is 0. The van der Waals surface area contributed by atoms with Crippen LogP contribution in [0.15, 0.2) is 31.9 Å². The van der Waals surface area contributed by atoms with Gasteiger partial charge in [-0.1, -0.05) is 15.9 Å². The normalized spacial score (nSPS) is 10.8. The van der Waals surface area contributed by atoms with Crippen molar-refractivity contribution < 1.29 is 4.42 Å². The minimum Gasteiger partial charge on any atom is -0.461 e. The molecule has 0 unspecified atom stereocenters. The molecule has 0 amide bonds. The van der Waals surface area contributed by atoms with Crippen molar-refractivity contribution in [3.63, 3.8) is 0 Å². The second kappa shape index (κ2) is 3.24. The summed E-state index contributed by atoms with van der Waals surface area (Å²) in [5.74, 6) is 0.685. The van der Waals surface area contributed by atoms with E-state index in [0.717, 1.165) is 4.47 Å². The molecule has 0 saturated carbocycles. The molecule has 0 fully saturated rings. The molecule has 0 N–H and O–H groups in total. The summed E-state index contributed by atoms with van der Waals surface area (Å²) in [4.78, 5) is 11.8. The molecule has 2 aromatic rings. The average molecular weight is 253 g/mol. The van der Waals surface area contributed by atoms with Crippen molar-refractivity contribution in [3.05, 3.63) is 44.2 Å². The fourth-order valence-electron chi connectivity index (χ4n) is 1.37. The molecule has 72 valence electrons. The van der Waals surface area contributed by atoms with Gasteiger partial charge in [-0.05, 0) is 32.0 Å². The minimum atomic E-state index is 0.0463. The number of hydrogen-bond donors (Lipinski definition) is 0. The zero-order valence-electron chi connectivity index (χ0n) is 7.93. The fraction of sp³-hybridized carbons (Fsp3) is 0.182. The van der Waals surface area contributed by atoms with Gasteiger partial charge in [0.05, 0.1) is 5.39 Å². The highest BCUT2D eigenvalue weighted by Crippen LogP contribution is 2.19. The molecule has 1 aromatic carbocycles. The molecule has 0 aliphatic heterocycles. The summed E-state index contributed by atoms with van der Waals surface area (Å²) in [5.41, 5.74) is 1.36. The third-order valence-corrected chi connectivity index (χ3v) is 2.81. The SMILES string of the molecule is Cc1oc2ccc(Br)cc2c(=O)c1C. The smallest absolute Gasteiger partial charge is 0.195 e. The molecule has 0 atom stereocenters. The number of hydrogen-bond acceptors (Lipinski definition) is 2. The van der Waals surface area contributed by atoms with E-state index in [0.29, 0.717) is 22.3 Å². The topological polar surface area (TPSA) is 30.2 Å². The van der Waals surface area contributed by atoms with E-state index in [-0.39, 0.29) is 5.43 Å². The first-order valence-corrected chi connectivity index (χ1v) is 5.08. The highest BCUT2D eigenvalue weighted by atomic mass is 79.9. The van der Waals surface area contributed by atoms with Gasteiger partial charge >= 0.3 is 0 Å². The molecular formula is C11H9BrO2. The van der Waals surface area contributed by atoms with Crippen LogP contribution in [-0.2, 0) is 0 Å². The van der Waals surface area contributed by atoms with E-state index in [1.165, 1.54) is 0 Å². The maximum absolute atomic E-state index is 11.8. The molecule has 0 bridgehead atoms. The Morgan fingerprint density at radius 1 is 1.29 bits per heavy atom. The largest absolute Gasteiger partial charge is 0.461 e. The predicted octanol–water partition coefficient (Wildman–Crippen LogP) is 3.17. The molecule has 0 aliphatic carbocycles. The standard InChI is InChI=1S/C11H9BrO2/c1-6-7(2)14-10-4-3-8(12)5-9(10)11(6)13/h3-5H,1-2H3. The zero-order valence-corrected chi connectivity index (χ0v) is 9.51. The highest BCUT2D eigenvalue weighted by Gasteiger charge is 2.07. The quantitative estimate of drug-likeness (QED) is 0.721. The van der Waals surface area contributed by atoms with Crippen LogP contribution in [0.3, 0.4) is 0 Å². The van der Waals surface area contributed by atoms with Crippen LogP contribution in [0.4, 0.5) is 0 Å². The van der Waals surface area contributed by atoms with Gasteiger partial charge in [-0.2, -0.15) is 0 Å². The van der Waals surface area contributed by atoms with Gasteiger partial charge in [-0.3, -0.25) is 4.79 Å². The lowest BCUT2D eigenvalue weighted by atomic mass is 10.1. The molecule has 14 heavy (non-hydrogen) atoms.